The molecule has 4 rings (SSSR count). The average molecular weight is 344 g/mol. The van der Waals surface area contributed by atoms with E-state index in [9.17, 15) is 9.18 Å². The molecular weight excluding hydrogens is 319 g/mol. The quantitative estimate of drug-likeness (QED) is 0.797. The monoisotopic (exact) mass is 344 g/mol. The van der Waals surface area contributed by atoms with Crippen LogP contribution in [0.1, 0.15) is 37.9 Å². The molecule has 2 bridgehead atoms. The van der Waals surface area contributed by atoms with Gasteiger partial charge in [0.1, 0.15) is 11.6 Å². The zero-order chi connectivity index (χ0) is 17.4. The molecule has 4 N–H and O–H groups in total. The smallest absolute Gasteiger partial charge is 0.223 e. The summed E-state index contributed by atoms with van der Waals surface area (Å²) >= 11 is 0. The summed E-state index contributed by atoms with van der Waals surface area (Å²) in [6, 6.07) is 4.79. The number of nitrogens with one attached hydrogen (secondary N) is 2. The van der Waals surface area contributed by atoms with Gasteiger partial charge < -0.3 is 16.0 Å². The van der Waals surface area contributed by atoms with Gasteiger partial charge in [0.2, 0.25) is 5.91 Å². The maximum Gasteiger partial charge on any atom is 0.223 e. The van der Waals surface area contributed by atoms with Crippen molar-refractivity contribution in [2.75, 3.05) is 6.54 Å². The Morgan fingerprint density at radius 2 is 2.08 bits per heavy atom. The summed E-state index contributed by atoms with van der Waals surface area (Å²) in [6.45, 7) is 0.541. The number of nitrogens with two attached hydrogens (primary N) is 1. The molecule has 2 aliphatic rings. The number of benzene rings is 1. The van der Waals surface area contributed by atoms with Crippen LogP contribution in [-0.4, -0.2) is 28.5 Å². The molecule has 2 aromatic rings. The second-order valence-corrected chi connectivity index (χ2v) is 7.58. The number of amides is 1. The summed E-state index contributed by atoms with van der Waals surface area (Å²) in [7, 11) is 0. The number of nitrogens with zero attached hydrogens (tertiary/aromatic N) is 1. The highest BCUT2D eigenvalue weighted by Crippen LogP contribution is 2.41. The van der Waals surface area contributed by atoms with Gasteiger partial charge in [0.05, 0.1) is 11.0 Å². The first kappa shape index (κ1) is 16.5. The fourth-order valence-electron chi connectivity index (χ4n) is 4.60. The summed E-state index contributed by atoms with van der Waals surface area (Å²) in [6.07, 6.45) is 6.04. The second kappa shape index (κ2) is 6.75. The van der Waals surface area contributed by atoms with Crippen LogP contribution in [-0.2, 0) is 11.2 Å². The maximum atomic E-state index is 13.2. The van der Waals surface area contributed by atoms with Gasteiger partial charge in [-0.15, -0.1) is 0 Å². The van der Waals surface area contributed by atoms with Crippen molar-refractivity contribution < 1.29 is 9.18 Å². The minimum Gasteiger partial charge on any atom is -0.355 e. The molecule has 2 saturated carbocycles. The molecule has 2 atom stereocenters. The van der Waals surface area contributed by atoms with Crippen LogP contribution in [0.5, 0.6) is 0 Å². The first-order chi connectivity index (χ1) is 12.1. The molecule has 0 saturated heterocycles. The summed E-state index contributed by atoms with van der Waals surface area (Å²) in [5.41, 5.74) is 7.74. The lowest BCUT2D eigenvalue weighted by Gasteiger charge is -2.43. The summed E-state index contributed by atoms with van der Waals surface area (Å²) in [4.78, 5) is 20.0. The lowest BCUT2D eigenvalue weighted by Crippen LogP contribution is -2.49. The zero-order valence-corrected chi connectivity index (χ0v) is 14.3. The molecule has 0 aliphatic heterocycles. The molecule has 2 fully saturated rings. The van der Waals surface area contributed by atoms with Gasteiger partial charge in [-0.25, -0.2) is 9.37 Å². The van der Waals surface area contributed by atoms with E-state index in [1.807, 2.05) is 0 Å². The van der Waals surface area contributed by atoms with Gasteiger partial charge in [-0.1, -0.05) is 6.42 Å². The van der Waals surface area contributed by atoms with E-state index < -0.39 is 0 Å². The Kier molecular flexibility index (Phi) is 4.46. The van der Waals surface area contributed by atoms with Gasteiger partial charge in [-0.05, 0) is 55.7 Å². The predicted octanol–water partition coefficient (Wildman–Crippen LogP) is 2.51. The predicted molar refractivity (Wildman–Crippen MR) is 94.3 cm³/mol. The molecule has 0 spiro atoms. The van der Waals surface area contributed by atoms with Crippen molar-refractivity contribution in [3.63, 3.8) is 0 Å². The van der Waals surface area contributed by atoms with E-state index in [0.29, 0.717) is 30.3 Å². The van der Waals surface area contributed by atoms with Crippen LogP contribution in [0.15, 0.2) is 18.2 Å². The van der Waals surface area contributed by atoms with Crippen LogP contribution in [0.2, 0.25) is 0 Å². The number of aromatic amines is 1. The number of hydrogen-bond donors (Lipinski definition) is 3. The SMILES string of the molecule is NC1C2CCCC1CC(C(=O)NCCc1nc3ccc(F)cc3[nH]1)C2. The van der Waals surface area contributed by atoms with Crippen molar-refractivity contribution in [3.8, 4) is 0 Å². The summed E-state index contributed by atoms with van der Waals surface area (Å²) in [5.74, 6) is 1.74. The standard InChI is InChI=1S/C19H25FN4O/c20-14-4-5-15-16(10-14)24-17(23-15)6-7-22-19(25)13-8-11-2-1-3-12(9-13)18(11)21/h4-5,10-13,18H,1-3,6-9,21H2,(H,22,25)(H,23,24). The molecule has 1 amide bonds. The van der Waals surface area contributed by atoms with Crippen molar-refractivity contribution >= 4 is 16.9 Å². The number of H-pyrrole nitrogens is 1. The number of imidazole rings is 1. The van der Waals surface area contributed by atoms with E-state index in [1.54, 1.807) is 6.07 Å². The van der Waals surface area contributed by atoms with Crippen molar-refractivity contribution in [3.05, 3.63) is 29.8 Å². The molecule has 1 aromatic heterocycles. The Labute approximate surface area is 146 Å². The first-order valence-electron chi connectivity index (χ1n) is 9.27. The molecule has 1 heterocycles. The minimum atomic E-state index is -0.281. The van der Waals surface area contributed by atoms with Crippen LogP contribution in [0, 0.1) is 23.6 Å². The molecular formula is C19H25FN4O. The van der Waals surface area contributed by atoms with Crippen LogP contribution in [0.25, 0.3) is 11.0 Å². The molecule has 2 aliphatic carbocycles. The Hall–Kier alpha value is -1.95. The Bertz CT molecular complexity index is 760. The lowest BCUT2D eigenvalue weighted by molar-refractivity contribution is -0.127. The zero-order valence-electron chi connectivity index (χ0n) is 14.3. The number of hydrogen-bond acceptors (Lipinski definition) is 3. The highest BCUT2D eigenvalue weighted by atomic mass is 19.1. The number of fused-ring (bicyclic) bond motifs is 3. The third kappa shape index (κ3) is 3.40. The van der Waals surface area contributed by atoms with Crippen molar-refractivity contribution in [1.29, 1.82) is 0 Å². The van der Waals surface area contributed by atoms with Crippen LogP contribution >= 0.6 is 0 Å². The van der Waals surface area contributed by atoms with Crippen LogP contribution in [0.4, 0.5) is 4.39 Å². The Balaban J connectivity index is 1.31. The minimum absolute atomic E-state index is 0.0971. The normalized spacial score (nSPS) is 28.9. The molecule has 2 unspecified atom stereocenters. The first-order valence-corrected chi connectivity index (χ1v) is 9.27. The van der Waals surface area contributed by atoms with Crippen molar-refractivity contribution in [2.24, 2.45) is 23.5 Å². The van der Waals surface area contributed by atoms with Crippen LogP contribution < -0.4 is 11.1 Å². The van der Waals surface area contributed by atoms with Gasteiger partial charge in [-0.3, -0.25) is 4.79 Å². The maximum absolute atomic E-state index is 13.2. The molecule has 0 radical (unpaired) electrons. The number of rotatable bonds is 4. The van der Waals surface area contributed by atoms with E-state index in [-0.39, 0.29) is 23.7 Å². The molecule has 5 nitrogen and oxygen atoms in total. The third-order valence-electron chi connectivity index (χ3n) is 5.94. The Morgan fingerprint density at radius 1 is 1.32 bits per heavy atom. The number of halogens is 1. The fourth-order valence-corrected chi connectivity index (χ4v) is 4.60. The molecule has 134 valence electrons. The van der Waals surface area contributed by atoms with Gasteiger partial charge in [-0.2, -0.15) is 0 Å². The number of carbonyl (C=O) groups is 1. The summed E-state index contributed by atoms with van der Waals surface area (Å²) < 4.78 is 13.2. The van der Waals surface area contributed by atoms with E-state index in [4.69, 9.17) is 5.73 Å². The largest absolute Gasteiger partial charge is 0.355 e. The van der Waals surface area contributed by atoms with E-state index in [1.165, 1.54) is 18.6 Å². The number of aromatic nitrogens is 2. The van der Waals surface area contributed by atoms with Gasteiger partial charge >= 0.3 is 0 Å². The Morgan fingerprint density at radius 3 is 2.84 bits per heavy atom. The van der Waals surface area contributed by atoms with Crippen molar-refractivity contribution in [2.45, 2.75) is 44.6 Å². The van der Waals surface area contributed by atoms with Gasteiger partial charge in [0.25, 0.3) is 0 Å². The summed E-state index contributed by atoms with van der Waals surface area (Å²) in [5, 5.41) is 3.05. The second-order valence-electron chi connectivity index (χ2n) is 7.58. The van der Waals surface area contributed by atoms with E-state index in [2.05, 4.69) is 15.3 Å². The van der Waals surface area contributed by atoms with E-state index >= 15 is 0 Å². The van der Waals surface area contributed by atoms with E-state index in [0.717, 1.165) is 37.0 Å². The van der Waals surface area contributed by atoms with Crippen LogP contribution in [0.3, 0.4) is 0 Å². The topological polar surface area (TPSA) is 83.8 Å². The number of carbonyl (C=O) groups excluding carboxylic acids is 1. The highest BCUT2D eigenvalue weighted by Gasteiger charge is 2.40. The highest BCUT2D eigenvalue weighted by molar-refractivity contribution is 5.79. The average Bonchev–Trinajstić information content (AvgIpc) is 2.96. The van der Waals surface area contributed by atoms with Gasteiger partial charge in [0.15, 0.2) is 0 Å². The lowest BCUT2D eigenvalue weighted by atomic mass is 9.65. The van der Waals surface area contributed by atoms with Crippen molar-refractivity contribution in [1.82, 2.24) is 15.3 Å². The fraction of sp³-hybridized carbons (Fsp3) is 0.579. The molecule has 1 aromatic carbocycles. The third-order valence-corrected chi connectivity index (χ3v) is 5.94. The van der Waals surface area contributed by atoms with Gasteiger partial charge in [0, 0.05) is 24.9 Å². The molecule has 6 heteroatoms. The molecule has 25 heavy (non-hydrogen) atoms.